The molecule has 1 saturated heterocycles. The van der Waals surface area contributed by atoms with Crippen LogP contribution in [0.25, 0.3) is 0 Å². The zero-order valence-electron chi connectivity index (χ0n) is 11.0. The summed E-state index contributed by atoms with van der Waals surface area (Å²) < 4.78 is 5.34. The maximum atomic E-state index is 12.6. The number of para-hydroxylation sites is 1. The van der Waals surface area contributed by atoms with E-state index in [0.29, 0.717) is 6.42 Å². The summed E-state index contributed by atoms with van der Waals surface area (Å²) in [5.41, 5.74) is 1.45. The van der Waals surface area contributed by atoms with Crippen molar-refractivity contribution in [1.82, 2.24) is 0 Å². The Morgan fingerprint density at radius 2 is 2.00 bits per heavy atom. The minimum Gasteiger partial charge on any atom is -0.457 e. The molecule has 1 aromatic carbocycles. The van der Waals surface area contributed by atoms with Crippen molar-refractivity contribution < 1.29 is 14.3 Å². The number of amides is 1. The Morgan fingerprint density at radius 1 is 1.32 bits per heavy atom. The summed E-state index contributed by atoms with van der Waals surface area (Å²) in [6.45, 7) is 2.11. The highest BCUT2D eigenvalue weighted by Gasteiger charge is 2.73. The van der Waals surface area contributed by atoms with E-state index in [0.717, 1.165) is 12.1 Å². The maximum absolute atomic E-state index is 12.6. The van der Waals surface area contributed by atoms with E-state index >= 15 is 0 Å². The highest BCUT2D eigenvalue weighted by molar-refractivity contribution is 6.02. The van der Waals surface area contributed by atoms with E-state index in [4.69, 9.17) is 4.74 Å². The van der Waals surface area contributed by atoms with Gasteiger partial charge >= 0.3 is 5.97 Å². The van der Waals surface area contributed by atoms with Crippen molar-refractivity contribution >= 4 is 17.6 Å². The standard InChI is InChI=1S/C15H15NO3/c1-14-8-15(7-11(17)19-15)12(14)13(18)16(2)10-6-4-3-5-9(10)14/h3-6,12H,7-8H2,1-2H3/t12-,14+,15+/m1/s1. The monoisotopic (exact) mass is 257 g/mol. The third-order valence-corrected chi connectivity index (χ3v) is 5.05. The molecule has 0 bridgehead atoms. The van der Waals surface area contributed by atoms with Crippen LogP contribution in [0.1, 0.15) is 25.3 Å². The van der Waals surface area contributed by atoms with Gasteiger partial charge in [-0.05, 0) is 18.1 Å². The predicted molar refractivity (Wildman–Crippen MR) is 68.8 cm³/mol. The Kier molecular flexibility index (Phi) is 1.74. The van der Waals surface area contributed by atoms with Gasteiger partial charge in [0.05, 0.1) is 12.3 Å². The van der Waals surface area contributed by atoms with Crippen molar-refractivity contribution in [2.24, 2.45) is 5.92 Å². The molecule has 0 aromatic heterocycles. The number of hydrogen-bond acceptors (Lipinski definition) is 3. The lowest BCUT2D eigenvalue weighted by atomic mass is 9.45. The van der Waals surface area contributed by atoms with Gasteiger partial charge in [-0.3, -0.25) is 9.59 Å². The van der Waals surface area contributed by atoms with Gasteiger partial charge in [0.15, 0.2) is 0 Å². The summed E-state index contributed by atoms with van der Waals surface area (Å²) in [6.07, 6.45) is 1.14. The minimum absolute atomic E-state index is 0.0694. The Hall–Kier alpha value is -1.84. The molecular formula is C15H15NO3. The van der Waals surface area contributed by atoms with Crippen LogP contribution < -0.4 is 4.90 Å². The second kappa shape index (κ2) is 3.00. The van der Waals surface area contributed by atoms with Crippen LogP contribution >= 0.6 is 0 Å². The van der Waals surface area contributed by atoms with Gasteiger partial charge in [-0.2, -0.15) is 0 Å². The number of anilines is 1. The number of fused-ring (bicyclic) bond motifs is 4. The number of benzene rings is 1. The van der Waals surface area contributed by atoms with Crippen LogP contribution in [0.5, 0.6) is 0 Å². The van der Waals surface area contributed by atoms with E-state index in [1.807, 2.05) is 18.2 Å². The Bertz CT molecular complexity index is 616. The van der Waals surface area contributed by atoms with E-state index in [1.54, 1.807) is 11.9 Å². The van der Waals surface area contributed by atoms with Crippen molar-refractivity contribution in [2.75, 3.05) is 11.9 Å². The molecule has 4 rings (SSSR count). The molecule has 3 aliphatic rings. The van der Waals surface area contributed by atoms with E-state index in [-0.39, 0.29) is 23.2 Å². The number of carbonyl (C=O) groups is 2. The van der Waals surface area contributed by atoms with Crippen LogP contribution in [0.4, 0.5) is 5.69 Å². The van der Waals surface area contributed by atoms with Crippen LogP contribution in [0.15, 0.2) is 24.3 Å². The second-order valence-corrected chi connectivity index (χ2v) is 6.16. The van der Waals surface area contributed by atoms with Gasteiger partial charge in [0.2, 0.25) is 5.91 Å². The first-order chi connectivity index (χ1) is 8.98. The number of rotatable bonds is 0. The largest absolute Gasteiger partial charge is 0.457 e. The summed E-state index contributed by atoms with van der Waals surface area (Å²) in [6, 6.07) is 8.01. The fourth-order valence-corrected chi connectivity index (χ4v) is 4.31. The summed E-state index contributed by atoms with van der Waals surface area (Å²) in [5, 5.41) is 0. The zero-order chi connectivity index (χ0) is 13.4. The van der Waals surface area contributed by atoms with Gasteiger partial charge in [0.25, 0.3) is 0 Å². The Labute approximate surface area is 111 Å². The van der Waals surface area contributed by atoms with E-state index in [1.165, 1.54) is 5.56 Å². The van der Waals surface area contributed by atoms with Crippen LogP contribution in [0, 0.1) is 5.92 Å². The maximum Gasteiger partial charge on any atom is 0.310 e. The van der Waals surface area contributed by atoms with Crippen molar-refractivity contribution in [1.29, 1.82) is 0 Å². The van der Waals surface area contributed by atoms with Crippen LogP contribution in [0.2, 0.25) is 0 Å². The first kappa shape index (κ1) is 11.0. The van der Waals surface area contributed by atoms with Crippen molar-refractivity contribution in [2.45, 2.75) is 30.8 Å². The van der Waals surface area contributed by atoms with Crippen LogP contribution in [-0.2, 0) is 19.7 Å². The van der Waals surface area contributed by atoms with Crippen LogP contribution in [0.3, 0.4) is 0 Å². The molecule has 2 aliphatic heterocycles. The summed E-state index contributed by atoms with van der Waals surface area (Å²) >= 11 is 0. The fraction of sp³-hybridized carbons (Fsp3) is 0.467. The SMILES string of the molecule is CN1C(=O)[C@H]2[C@]3(CC(=O)O3)C[C@@]2(C)c2ccccc21. The third kappa shape index (κ3) is 1.06. The average molecular weight is 257 g/mol. The molecule has 0 radical (unpaired) electrons. The third-order valence-electron chi connectivity index (χ3n) is 5.05. The summed E-state index contributed by atoms with van der Waals surface area (Å²) in [4.78, 5) is 25.5. The number of ether oxygens (including phenoxy) is 1. The van der Waals surface area contributed by atoms with E-state index < -0.39 is 5.60 Å². The smallest absolute Gasteiger partial charge is 0.310 e. The molecule has 1 spiro atoms. The van der Waals surface area contributed by atoms with Gasteiger partial charge in [0.1, 0.15) is 5.60 Å². The zero-order valence-corrected chi connectivity index (χ0v) is 11.0. The molecule has 2 heterocycles. The van der Waals surface area contributed by atoms with E-state index in [2.05, 4.69) is 13.0 Å². The number of esters is 1. The van der Waals surface area contributed by atoms with Crippen molar-refractivity contribution in [3.8, 4) is 0 Å². The van der Waals surface area contributed by atoms with E-state index in [9.17, 15) is 9.59 Å². The Balaban J connectivity index is 1.85. The van der Waals surface area contributed by atoms with Crippen molar-refractivity contribution in [3.05, 3.63) is 29.8 Å². The second-order valence-electron chi connectivity index (χ2n) is 6.16. The topological polar surface area (TPSA) is 46.6 Å². The first-order valence-electron chi connectivity index (χ1n) is 6.57. The molecule has 1 aliphatic carbocycles. The molecule has 4 heteroatoms. The summed E-state index contributed by atoms with van der Waals surface area (Å²) in [7, 11) is 1.80. The van der Waals surface area contributed by atoms with Gasteiger partial charge in [0, 0.05) is 18.2 Å². The highest BCUT2D eigenvalue weighted by Crippen LogP contribution is 2.65. The molecule has 1 amide bonds. The minimum atomic E-state index is -0.523. The molecule has 3 atom stereocenters. The Morgan fingerprint density at radius 3 is 2.68 bits per heavy atom. The lowest BCUT2D eigenvalue weighted by molar-refractivity contribution is -0.242. The molecule has 98 valence electrons. The molecular weight excluding hydrogens is 242 g/mol. The molecule has 4 nitrogen and oxygen atoms in total. The quantitative estimate of drug-likeness (QED) is 0.664. The summed E-state index contributed by atoms with van der Waals surface area (Å²) in [5.74, 6) is -0.339. The molecule has 1 saturated carbocycles. The molecule has 0 N–H and O–H groups in total. The molecule has 0 unspecified atom stereocenters. The van der Waals surface area contributed by atoms with Gasteiger partial charge in [-0.1, -0.05) is 25.1 Å². The fourth-order valence-electron chi connectivity index (χ4n) is 4.31. The number of hydrogen-bond donors (Lipinski definition) is 0. The highest BCUT2D eigenvalue weighted by atomic mass is 16.6. The van der Waals surface area contributed by atoms with Gasteiger partial charge in [-0.25, -0.2) is 0 Å². The number of carbonyl (C=O) groups excluding carboxylic acids is 2. The lowest BCUT2D eigenvalue weighted by Crippen LogP contribution is -2.75. The normalized spacial score (nSPS) is 39.1. The van der Waals surface area contributed by atoms with Crippen molar-refractivity contribution in [3.63, 3.8) is 0 Å². The van der Waals surface area contributed by atoms with Gasteiger partial charge in [-0.15, -0.1) is 0 Å². The number of nitrogens with zero attached hydrogens (tertiary/aromatic N) is 1. The molecule has 2 fully saturated rings. The molecule has 1 aromatic rings. The first-order valence-corrected chi connectivity index (χ1v) is 6.57. The molecule has 19 heavy (non-hydrogen) atoms. The van der Waals surface area contributed by atoms with Gasteiger partial charge < -0.3 is 9.64 Å². The average Bonchev–Trinajstić information content (AvgIpc) is 2.33. The van der Waals surface area contributed by atoms with Crippen LogP contribution in [-0.4, -0.2) is 24.5 Å². The lowest BCUT2D eigenvalue weighted by Gasteiger charge is -2.65. The predicted octanol–water partition coefficient (Wildman–Crippen LogP) is 1.63.